The first-order chi connectivity index (χ1) is 14.8. The van der Waals surface area contributed by atoms with Crippen LogP contribution in [0.25, 0.3) is 28.1 Å². The van der Waals surface area contributed by atoms with Crippen LogP contribution in [-0.2, 0) is 0 Å². The molecule has 1 saturated heterocycles. The standard InChI is InChI=1S/C21H19F3N6O.2ClH/c22-21(23,24)19(29-9-8-14(25)11-29)13-5-7-17-27-28-20(30(17)10-13)15-6-4-12-2-1-3-16(31)18(12)26-15;;/h1-7,10,14,19,31H,8-9,11,25H2;2*1H/t14?,19-;;/m1../s1. The highest BCUT2D eigenvalue weighted by Gasteiger charge is 2.46. The Morgan fingerprint density at radius 1 is 1.06 bits per heavy atom. The minimum absolute atomic E-state index is 0. The van der Waals surface area contributed by atoms with Gasteiger partial charge in [-0.3, -0.25) is 9.30 Å². The molecule has 7 nitrogen and oxygen atoms in total. The van der Waals surface area contributed by atoms with Gasteiger partial charge in [-0.15, -0.1) is 35.0 Å². The van der Waals surface area contributed by atoms with Crippen molar-refractivity contribution in [2.24, 2.45) is 5.73 Å². The van der Waals surface area contributed by atoms with Crippen molar-refractivity contribution in [1.82, 2.24) is 24.5 Å². The van der Waals surface area contributed by atoms with Crippen molar-refractivity contribution in [3.8, 4) is 17.3 Å². The summed E-state index contributed by atoms with van der Waals surface area (Å²) in [5, 5.41) is 19.0. The Balaban J connectivity index is 0.00000153. The van der Waals surface area contributed by atoms with Gasteiger partial charge in [0, 0.05) is 30.7 Å². The van der Waals surface area contributed by atoms with E-state index in [4.69, 9.17) is 5.73 Å². The molecule has 3 aromatic heterocycles. The largest absolute Gasteiger partial charge is 0.506 e. The first kappa shape index (κ1) is 25.0. The second kappa shape index (κ2) is 9.30. The number of para-hydroxylation sites is 1. The van der Waals surface area contributed by atoms with Crippen LogP contribution in [0.15, 0.2) is 48.7 Å². The van der Waals surface area contributed by atoms with Crippen molar-refractivity contribution < 1.29 is 18.3 Å². The lowest BCUT2D eigenvalue weighted by atomic mass is 10.1. The maximum absolute atomic E-state index is 14.0. The van der Waals surface area contributed by atoms with E-state index in [1.807, 2.05) is 0 Å². The summed E-state index contributed by atoms with van der Waals surface area (Å²) in [6.07, 6.45) is -2.53. The summed E-state index contributed by atoms with van der Waals surface area (Å²) in [6.45, 7) is 0.465. The third-order valence-electron chi connectivity index (χ3n) is 5.60. The molecule has 0 saturated carbocycles. The van der Waals surface area contributed by atoms with Crippen molar-refractivity contribution in [3.05, 3.63) is 54.2 Å². The van der Waals surface area contributed by atoms with Gasteiger partial charge in [-0.05, 0) is 30.2 Å². The minimum Gasteiger partial charge on any atom is -0.506 e. The number of benzene rings is 1. The molecule has 1 aromatic carbocycles. The van der Waals surface area contributed by atoms with E-state index < -0.39 is 12.2 Å². The van der Waals surface area contributed by atoms with Crippen LogP contribution in [0.4, 0.5) is 13.2 Å². The van der Waals surface area contributed by atoms with Crippen molar-refractivity contribution in [3.63, 3.8) is 0 Å². The Labute approximate surface area is 199 Å². The summed E-state index contributed by atoms with van der Waals surface area (Å²) in [5.41, 5.74) is 7.11. The number of hydrogen-bond acceptors (Lipinski definition) is 6. The van der Waals surface area contributed by atoms with Gasteiger partial charge in [-0.2, -0.15) is 13.2 Å². The van der Waals surface area contributed by atoms with Crippen molar-refractivity contribution >= 4 is 41.4 Å². The van der Waals surface area contributed by atoms with Crippen LogP contribution in [0.3, 0.4) is 0 Å². The quantitative estimate of drug-likeness (QED) is 0.439. The Morgan fingerprint density at radius 2 is 1.85 bits per heavy atom. The summed E-state index contributed by atoms with van der Waals surface area (Å²) >= 11 is 0. The number of nitrogens with zero attached hydrogens (tertiary/aromatic N) is 5. The summed E-state index contributed by atoms with van der Waals surface area (Å²) < 4.78 is 43.5. The van der Waals surface area contributed by atoms with Gasteiger partial charge in [0.2, 0.25) is 0 Å². The van der Waals surface area contributed by atoms with Gasteiger partial charge in [0.15, 0.2) is 11.5 Å². The van der Waals surface area contributed by atoms with Gasteiger partial charge in [-0.1, -0.05) is 24.3 Å². The predicted octanol–water partition coefficient (Wildman–Crippen LogP) is 4.13. The number of pyridine rings is 2. The van der Waals surface area contributed by atoms with E-state index in [9.17, 15) is 18.3 Å². The number of fused-ring (bicyclic) bond motifs is 2. The van der Waals surface area contributed by atoms with E-state index in [1.165, 1.54) is 33.7 Å². The van der Waals surface area contributed by atoms with Gasteiger partial charge in [0.1, 0.15) is 23.0 Å². The second-order valence-electron chi connectivity index (χ2n) is 7.75. The number of hydrogen-bond donors (Lipinski definition) is 2. The van der Waals surface area contributed by atoms with Gasteiger partial charge in [0.05, 0.1) is 0 Å². The maximum atomic E-state index is 14.0. The zero-order valence-corrected chi connectivity index (χ0v) is 18.7. The third kappa shape index (κ3) is 4.56. The van der Waals surface area contributed by atoms with Crippen LogP contribution in [0, 0.1) is 0 Å². The molecular weight excluding hydrogens is 480 g/mol. The van der Waals surface area contributed by atoms with E-state index in [2.05, 4.69) is 15.2 Å². The summed E-state index contributed by atoms with van der Waals surface area (Å²) in [6, 6.07) is 9.41. The molecule has 1 unspecified atom stereocenters. The molecule has 1 aliphatic rings. The number of likely N-dealkylation sites (tertiary alicyclic amines) is 1. The number of rotatable bonds is 3. The van der Waals surface area contributed by atoms with Gasteiger partial charge < -0.3 is 10.8 Å². The summed E-state index contributed by atoms with van der Waals surface area (Å²) in [7, 11) is 0. The van der Waals surface area contributed by atoms with E-state index in [-0.39, 0.29) is 55.3 Å². The van der Waals surface area contributed by atoms with E-state index in [0.717, 1.165) is 5.39 Å². The predicted molar refractivity (Wildman–Crippen MR) is 123 cm³/mol. The molecule has 4 aromatic rings. The number of phenolic OH excluding ortho intramolecular Hbond substituents is 1. The molecule has 12 heteroatoms. The van der Waals surface area contributed by atoms with Crippen molar-refractivity contribution in [1.29, 1.82) is 0 Å². The van der Waals surface area contributed by atoms with Gasteiger partial charge >= 0.3 is 6.18 Å². The molecule has 4 heterocycles. The molecule has 1 aliphatic heterocycles. The molecule has 2 atom stereocenters. The maximum Gasteiger partial charge on any atom is 0.408 e. The summed E-state index contributed by atoms with van der Waals surface area (Å²) in [4.78, 5) is 5.82. The topological polar surface area (TPSA) is 92.6 Å². The number of aromatic nitrogens is 4. The molecule has 0 spiro atoms. The van der Waals surface area contributed by atoms with Crippen molar-refractivity contribution in [2.45, 2.75) is 24.7 Å². The third-order valence-corrected chi connectivity index (χ3v) is 5.60. The Bertz CT molecular complexity index is 1280. The van der Waals surface area contributed by atoms with Crippen LogP contribution in [-0.4, -0.2) is 54.9 Å². The molecule has 33 heavy (non-hydrogen) atoms. The highest BCUT2D eigenvalue weighted by atomic mass is 35.5. The lowest BCUT2D eigenvalue weighted by molar-refractivity contribution is -0.183. The smallest absolute Gasteiger partial charge is 0.408 e. The number of aromatic hydroxyl groups is 1. The van der Waals surface area contributed by atoms with Crippen molar-refractivity contribution in [2.75, 3.05) is 13.1 Å². The SMILES string of the molecule is Cl.Cl.NC1CCN([C@H](c2ccc3nnc(-c4ccc5cccc(O)c5n4)n3c2)C(F)(F)F)C1. The van der Waals surface area contributed by atoms with Crippen LogP contribution in [0.2, 0.25) is 0 Å². The molecule has 0 amide bonds. The number of nitrogens with two attached hydrogens (primary N) is 1. The second-order valence-corrected chi connectivity index (χ2v) is 7.75. The molecule has 3 N–H and O–H groups in total. The van der Waals surface area contributed by atoms with E-state index in [1.54, 1.807) is 24.3 Å². The van der Waals surface area contributed by atoms with Gasteiger partial charge in [-0.25, -0.2) is 4.98 Å². The van der Waals surface area contributed by atoms with E-state index in [0.29, 0.717) is 29.1 Å². The average Bonchev–Trinajstić information content (AvgIpc) is 3.33. The molecule has 0 bridgehead atoms. The lowest BCUT2D eigenvalue weighted by Crippen LogP contribution is -2.38. The normalized spacial score (nSPS) is 17.6. The number of phenols is 1. The first-order valence-corrected chi connectivity index (χ1v) is 9.81. The minimum atomic E-state index is -4.46. The Kier molecular flexibility index (Phi) is 7.04. The molecule has 1 fully saturated rings. The molecule has 0 radical (unpaired) electrons. The Hall–Kier alpha value is -2.66. The first-order valence-electron chi connectivity index (χ1n) is 9.81. The van der Waals surface area contributed by atoms with Crippen LogP contribution < -0.4 is 5.73 Å². The zero-order chi connectivity index (χ0) is 21.8. The monoisotopic (exact) mass is 500 g/mol. The van der Waals surface area contributed by atoms with Crippen LogP contribution in [0.1, 0.15) is 18.0 Å². The molecule has 0 aliphatic carbocycles. The fraction of sp³-hybridized carbons (Fsp3) is 0.286. The molecule has 5 rings (SSSR count). The summed E-state index contributed by atoms with van der Waals surface area (Å²) in [5.74, 6) is 0.303. The highest BCUT2D eigenvalue weighted by Crippen LogP contribution is 2.39. The highest BCUT2D eigenvalue weighted by molar-refractivity contribution is 5.86. The zero-order valence-electron chi connectivity index (χ0n) is 17.1. The lowest BCUT2D eigenvalue weighted by Gasteiger charge is -2.30. The fourth-order valence-electron chi connectivity index (χ4n) is 4.16. The van der Waals surface area contributed by atoms with E-state index >= 15 is 0 Å². The number of alkyl halides is 3. The average molecular weight is 501 g/mol. The number of halogens is 5. The van der Waals surface area contributed by atoms with Crippen LogP contribution in [0.5, 0.6) is 5.75 Å². The molecular formula is C21H21Cl2F3N6O. The Morgan fingerprint density at radius 3 is 2.55 bits per heavy atom. The molecule has 176 valence electrons. The van der Waals surface area contributed by atoms with Gasteiger partial charge in [0.25, 0.3) is 0 Å². The fourth-order valence-corrected chi connectivity index (χ4v) is 4.16. The van der Waals surface area contributed by atoms with Crippen LogP contribution >= 0.6 is 24.8 Å².